The minimum Gasteiger partial charge on any atom is -0.335 e. The van der Waals surface area contributed by atoms with Crippen molar-refractivity contribution in [3.05, 3.63) is 24.0 Å². The van der Waals surface area contributed by atoms with Crippen molar-refractivity contribution in [1.29, 1.82) is 0 Å². The molecule has 1 unspecified atom stereocenters. The highest BCUT2D eigenvalue weighted by Crippen LogP contribution is 2.22. The number of aromatic nitrogens is 2. The molecule has 2 fully saturated rings. The van der Waals surface area contributed by atoms with Crippen molar-refractivity contribution in [3.63, 3.8) is 0 Å². The topological polar surface area (TPSA) is 58.1 Å². The van der Waals surface area contributed by atoms with E-state index in [0.29, 0.717) is 12.6 Å². The number of amides is 1. The second-order valence-corrected chi connectivity index (χ2v) is 5.11. The number of hydrogen-bond acceptors (Lipinski definition) is 4. The van der Waals surface area contributed by atoms with Gasteiger partial charge in [0.1, 0.15) is 0 Å². The summed E-state index contributed by atoms with van der Waals surface area (Å²) in [5.74, 6) is 0.221. The van der Waals surface area contributed by atoms with Gasteiger partial charge in [0.05, 0.1) is 18.3 Å². The molecule has 1 amide bonds. The minimum absolute atomic E-state index is 0.0166. The van der Waals surface area contributed by atoms with Gasteiger partial charge in [-0.1, -0.05) is 0 Å². The zero-order chi connectivity index (χ0) is 12.4. The van der Waals surface area contributed by atoms with Crippen LogP contribution in [0.25, 0.3) is 0 Å². The van der Waals surface area contributed by atoms with Crippen LogP contribution in [-0.4, -0.2) is 39.6 Å². The Kier molecular flexibility index (Phi) is 3.23. The van der Waals surface area contributed by atoms with Crippen molar-refractivity contribution in [2.45, 2.75) is 44.3 Å². The Bertz CT molecular complexity index is 418. The van der Waals surface area contributed by atoms with Crippen LogP contribution >= 0.6 is 0 Å². The molecule has 0 radical (unpaired) electrons. The lowest BCUT2D eigenvalue weighted by Gasteiger charge is -2.32. The van der Waals surface area contributed by atoms with Gasteiger partial charge in [-0.25, -0.2) is 0 Å². The molecule has 1 aromatic rings. The van der Waals surface area contributed by atoms with Crippen LogP contribution in [0.4, 0.5) is 0 Å². The number of hydrogen-bond donors (Lipinski definition) is 1. The summed E-state index contributed by atoms with van der Waals surface area (Å²) in [5, 5.41) is 11.3. The van der Waals surface area contributed by atoms with Crippen molar-refractivity contribution >= 4 is 5.91 Å². The maximum absolute atomic E-state index is 12.3. The number of nitrogens with one attached hydrogen (secondary N) is 1. The van der Waals surface area contributed by atoms with E-state index in [4.69, 9.17) is 0 Å². The van der Waals surface area contributed by atoms with Crippen molar-refractivity contribution in [2.24, 2.45) is 0 Å². The fourth-order valence-electron chi connectivity index (χ4n) is 2.40. The molecule has 1 saturated carbocycles. The number of carbonyl (C=O) groups is 1. The second kappa shape index (κ2) is 5.02. The number of piperidine rings is 1. The average Bonchev–Trinajstić information content (AvgIpc) is 3.20. The van der Waals surface area contributed by atoms with Gasteiger partial charge in [0, 0.05) is 18.8 Å². The van der Waals surface area contributed by atoms with E-state index in [2.05, 4.69) is 15.5 Å². The van der Waals surface area contributed by atoms with Gasteiger partial charge in [0.25, 0.3) is 0 Å². The van der Waals surface area contributed by atoms with Crippen LogP contribution in [0.1, 0.15) is 31.4 Å². The first kappa shape index (κ1) is 11.6. The molecule has 1 aliphatic carbocycles. The highest BCUT2D eigenvalue weighted by Gasteiger charge is 2.33. The molecule has 2 aliphatic rings. The predicted molar refractivity (Wildman–Crippen MR) is 66.6 cm³/mol. The SMILES string of the molecule is O=C1C(NC2CC2)CCCN1Cc1cccnn1. The van der Waals surface area contributed by atoms with E-state index in [9.17, 15) is 4.79 Å². The predicted octanol–water partition coefficient (Wildman–Crippen LogP) is 0.720. The van der Waals surface area contributed by atoms with E-state index in [-0.39, 0.29) is 11.9 Å². The normalized spacial score (nSPS) is 24.3. The number of carbonyl (C=O) groups excluding carboxylic acids is 1. The van der Waals surface area contributed by atoms with E-state index in [1.54, 1.807) is 6.20 Å². The Morgan fingerprint density at radius 2 is 2.28 bits per heavy atom. The second-order valence-electron chi connectivity index (χ2n) is 5.11. The van der Waals surface area contributed by atoms with Crippen molar-refractivity contribution in [2.75, 3.05) is 6.54 Å². The molecule has 1 saturated heterocycles. The van der Waals surface area contributed by atoms with Crippen LogP contribution < -0.4 is 5.32 Å². The van der Waals surface area contributed by atoms with Crippen LogP contribution in [0.3, 0.4) is 0 Å². The molecule has 1 atom stereocenters. The summed E-state index contributed by atoms with van der Waals surface area (Å²) in [7, 11) is 0. The number of rotatable bonds is 4. The molecule has 5 heteroatoms. The lowest BCUT2D eigenvalue weighted by Crippen LogP contribution is -2.50. The molecular weight excluding hydrogens is 228 g/mol. The maximum atomic E-state index is 12.3. The van der Waals surface area contributed by atoms with Crippen LogP contribution in [0, 0.1) is 0 Å². The molecule has 1 aromatic heterocycles. The molecular formula is C13H18N4O. The van der Waals surface area contributed by atoms with Crippen LogP contribution in [0.15, 0.2) is 18.3 Å². The zero-order valence-electron chi connectivity index (χ0n) is 10.4. The maximum Gasteiger partial charge on any atom is 0.240 e. The Hall–Kier alpha value is -1.49. The van der Waals surface area contributed by atoms with Crippen LogP contribution in [0.2, 0.25) is 0 Å². The highest BCUT2D eigenvalue weighted by atomic mass is 16.2. The van der Waals surface area contributed by atoms with Crippen molar-refractivity contribution in [3.8, 4) is 0 Å². The Morgan fingerprint density at radius 1 is 1.39 bits per heavy atom. The molecule has 5 nitrogen and oxygen atoms in total. The standard InChI is InChI=1S/C13H18N4O/c18-13-12(15-10-5-6-10)4-2-8-17(13)9-11-3-1-7-14-16-11/h1,3,7,10,12,15H,2,4-6,8-9H2. The van der Waals surface area contributed by atoms with Gasteiger partial charge in [-0.05, 0) is 37.8 Å². The summed E-state index contributed by atoms with van der Waals surface area (Å²) in [4.78, 5) is 14.2. The molecule has 0 bridgehead atoms. The summed E-state index contributed by atoms with van der Waals surface area (Å²) in [6.45, 7) is 1.41. The van der Waals surface area contributed by atoms with E-state index in [1.165, 1.54) is 12.8 Å². The fraction of sp³-hybridized carbons (Fsp3) is 0.615. The molecule has 2 heterocycles. The Labute approximate surface area is 107 Å². The van der Waals surface area contributed by atoms with Crippen LogP contribution in [0.5, 0.6) is 0 Å². The smallest absolute Gasteiger partial charge is 0.240 e. The number of likely N-dealkylation sites (tertiary alicyclic amines) is 1. The third-order valence-electron chi connectivity index (χ3n) is 3.53. The molecule has 1 aliphatic heterocycles. The molecule has 1 N–H and O–H groups in total. The summed E-state index contributed by atoms with van der Waals surface area (Å²) in [6, 6.07) is 4.37. The molecule has 0 aromatic carbocycles. The Balaban J connectivity index is 1.62. The van der Waals surface area contributed by atoms with E-state index in [1.807, 2.05) is 17.0 Å². The quantitative estimate of drug-likeness (QED) is 0.850. The van der Waals surface area contributed by atoms with Gasteiger partial charge >= 0.3 is 0 Å². The first-order valence-electron chi connectivity index (χ1n) is 6.64. The van der Waals surface area contributed by atoms with Gasteiger partial charge in [0.15, 0.2) is 0 Å². The van der Waals surface area contributed by atoms with Gasteiger partial charge in [-0.2, -0.15) is 10.2 Å². The van der Waals surface area contributed by atoms with Gasteiger partial charge in [0.2, 0.25) is 5.91 Å². The summed E-state index contributed by atoms with van der Waals surface area (Å²) >= 11 is 0. The highest BCUT2D eigenvalue weighted by molar-refractivity contribution is 5.82. The summed E-state index contributed by atoms with van der Waals surface area (Å²) in [6.07, 6.45) is 6.11. The lowest BCUT2D eigenvalue weighted by molar-refractivity contribution is -0.136. The monoisotopic (exact) mass is 246 g/mol. The van der Waals surface area contributed by atoms with Crippen molar-refractivity contribution < 1.29 is 4.79 Å². The Morgan fingerprint density at radius 3 is 3.00 bits per heavy atom. The first-order chi connectivity index (χ1) is 8.83. The van der Waals surface area contributed by atoms with Gasteiger partial charge < -0.3 is 10.2 Å². The number of nitrogens with zero attached hydrogens (tertiary/aromatic N) is 3. The molecule has 0 spiro atoms. The van der Waals surface area contributed by atoms with Gasteiger partial charge in [-0.15, -0.1) is 0 Å². The fourth-order valence-corrected chi connectivity index (χ4v) is 2.40. The van der Waals surface area contributed by atoms with E-state index < -0.39 is 0 Å². The van der Waals surface area contributed by atoms with Crippen LogP contribution in [-0.2, 0) is 11.3 Å². The third-order valence-corrected chi connectivity index (χ3v) is 3.53. The average molecular weight is 246 g/mol. The molecule has 18 heavy (non-hydrogen) atoms. The zero-order valence-corrected chi connectivity index (χ0v) is 10.4. The van der Waals surface area contributed by atoms with Crippen molar-refractivity contribution in [1.82, 2.24) is 20.4 Å². The largest absolute Gasteiger partial charge is 0.335 e. The van der Waals surface area contributed by atoms with Gasteiger partial charge in [-0.3, -0.25) is 4.79 Å². The lowest BCUT2D eigenvalue weighted by atomic mass is 10.0. The first-order valence-corrected chi connectivity index (χ1v) is 6.64. The van der Waals surface area contributed by atoms with E-state index in [0.717, 1.165) is 25.1 Å². The van der Waals surface area contributed by atoms with E-state index >= 15 is 0 Å². The summed E-state index contributed by atoms with van der Waals surface area (Å²) in [5.41, 5.74) is 0.859. The third kappa shape index (κ3) is 2.67. The molecule has 3 rings (SSSR count). The molecule has 96 valence electrons. The summed E-state index contributed by atoms with van der Waals surface area (Å²) < 4.78 is 0. The minimum atomic E-state index is 0.0166.